The lowest BCUT2D eigenvalue weighted by Crippen LogP contribution is -2.53. The first-order chi connectivity index (χ1) is 27.9. The lowest BCUT2D eigenvalue weighted by molar-refractivity contribution is -0.175. The van der Waals surface area contributed by atoms with Crippen molar-refractivity contribution < 1.29 is 23.3 Å². The second kappa shape index (κ2) is 15.8. The third-order valence-electron chi connectivity index (χ3n) is 11.0. The first-order valence-electron chi connectivity index (χ1n) is 19.7. The van der Waals surface area contributed by atoms with Crippen LogP contribution in [0.4, 0.5) is 0 Å². The van der Waals surface area contributed by atoms with Gasteiger partial charge in [-0.3, -0.25) is 0 Å². The van der Waals surface area contributed by atoms with Crippen LogP contribution >= 0.6 is 8.53 Å². The third-order valence-corrected chi connectivity index (χ3v) is 12.6. The minimum atomic E-state index is -1.98. The Balaban J connectivity index is 1.32. The van der Waals surface area contributed by atoms with Crippen LogP contribution < -0.4 is 0 Å². The molecule has 9 rings (SSSR count). The normalized spacial score (nSPS) is 22.3. The molecule has 0 amide bonds. The Morgan fingerprint density at radius 1 is 0.561 bits per heavy atom. The van der Waals surface area contributed by atoms with Crippen molar-refractivity contribution in [2.75, 3.05) is 6.61 Å². The molecule has 3 aliphatic rings. The molecule has 8 heteroatoms. The Labute approximate surface area is 336 Å². The number of benzene rings is 6. The molecule has 0 unspecified atom stereocenters. The minimum Gasteiger partial charge on any atom is -0.475 e. The molecule has 0 aromatic heterocycles. The van der Waals surface area contributed by atoms with Gasteiger partial charge in [0.15, 0.2) is 17.0 Å². The second-order valence-electron chi connectivity index (χ2n) is 15.4. The second-order valence-corrected chi connectivity index (χ2v) is 16.8. The molecule has 57 heavy (non-hydrogen) atoms. The van der Waals surface area contributed by atoms with Crippen molar-refractivity contribution in [1.82, 2.24) is 4.67 Å². The molecular formula is C49H47N2O5P. The first kappa shape index (κ1) is 37.6. The summed E-state index contributed by atoms with van der Waals surface area (Å²) in [4.78, 5) is 4.88. The fourth-order valence-electron chi connectivity index (χ4n) is 8.43. The molecule has 0 spiro atoms. The van der Waals surface area contributed by atoms with Crippen molar-refractivity contribution >= 4 is 14.4 Å². The molecule has 3 heterocycles. The van der Waals surface area contributed by atoms with Crippen molar-refractivity contribution in [3.8, 4) is 0 Å². The number of hydrogen-bond donors (Lipinski definition) is 0. The van der Waals surface area contributed by atoms with Gasteiger partial charge in [0.2, 0.25) is 5.90 Å². The van der Waals surface area contributed by atoms with Crippen molar-refractivity contribution in [1.29, 1.82) is 0 Å². The lowest BCUT2D eigenvalue weighted by Gasteiger charge is -2.41. The number of ether oxygens (including phenoxy) is 3. The Kier molecular flexibility index (Phi) is 10.4. The maximum absolute atomic E-state index is 7.97. The number of rotatable bonds is 10. The predicted molar refractivity (Wildman–Crippen MR) is 224 cm³/mol. The van der Waals surface area contributed by atoms with Crippen LogP contribution in [0.25, 0.3) is 0 Å². The van der Waals surface area contributed by atoms with E-state index in [1.54, 1.807) is 0 Å². The van der Waals surface area contributed by atoms with Crippen molar-refractivity contribution in [3.63, 3.8) is 0 Å². The number of aliphatic imine (C=N–C) groups is 1. The Hall–Kier alpha value is -4.98. The zero-order valence-corrected chi connectivity index (χ0v) is 33.4. The van der Waals surface area contributed by atoms with Gasteiger partial charge in [0.1, 0.15) is 18.8 Å². The SMILES string of the molecule is C[C@H]1COC(c2ccccc2CN(Cc2ccccc2)P2OC(c3ccccc3)(c3ccccc3)[C@@H]3OC(C)(C)O[C@H]3C(c3ccccc3)(c3ccccc3)O2)=N1. The highest BCUT2D eigenvalue weighted by molar-refractivity contribution is 7.44. The summed E-state index contributed by atoms with van der Waals surface area (Å²) in [7, 11) is -1.98. The molecule has 0 saturated carbocycles. The van der Waals surface area contributed by atoms with Gasteiger partial charge in [0.25, 0.3) is 8.53 Å². The highest BCUT2D eigenvalue weighted by atomic mass is 31.2. The summed E-state index contributed by atoms with van der Waals surface area (Å²) < 4.78 is 38.9. The van der Waals surface area contributed by atoms with Crippen LogP contribution in [-0.4, -0.2) is 41.2 Å². The molecule has 6 aromatic carbocycles. The summed E-state index contributed by atoms with van der Waals surface area (Å²) in [6.45, 7) is 7.62. The van der Waals surface area contributed by atoms with Gasteiger partial charge in [0.05, 0.1) is 6.04 Å². The molecule has 3 aliphatic heterocycles. The van der Waals surface area contributed by atoms with E-state index < -0.39 is 37.7 Å². The monoisotopic (exact) mass is 774 g/mol. The van der Waals surface area contributed by atoms with Crippen LogP contribution in [0.3, 0.4) is 0 Å². The number of fused-ring (bicyclic) bond motifs is 1. The van der Waals surface area contributed by atoms with Crippen LogP contribution in [0.5, 0.6) is 0 Å². The van der Waals surface area contributed by atoms with E-state index in [1.165, 1.54) is 0 Å². The van der Waals surface area contributed by atoms with E-state index in [0.717, 1.165) is 38.9 Å². The summed E-state index contributed by atoms with van der Waals surface area (Å²) in [5.74, 6) is -0.314. The molecule has 0 radical (unpaired) electrons. The van der Waals surface area contributed by atoms with Gasteiger partial charge in [-0.1, -0.05) is 170 Å². The highest BCUT2D eigenvalue weighted by Crippen LogP contribution is 2.66. The summed E-state index contributed by atoms with van der Waals surface area (Å²) >= 11 is 0. The average molecular weight is 775 g/mol. The highest BCUT2D eigenvalue weighted by Gasteiger charge is 2.67. The van der Waals surface area contributed by atoms with E-state index in [1.807, 2.05) is 50.2 Å². The summed E-state index contributed by atoms with van der Waals surface area (Å²) in [6.07, 6.45) is -1.34. The van der Waals surface area contributed by atoms with Gasteiger partial charge in [-0.05, 0) is 60.2 Å². The Morgan fingerprint density at radius 3 is 1.42 bits per heavy atom. The van der Waals surface area contributed by atoms with Crippen molar-refractivity contribution in [3.05, 3.63) is 215 Å². The Bertz CT molecular complexity index is 2110. The van der Waals surface area contributed by atoms with Crippen LogP contribution in [0, 0.1) is 0 Å². The van der Waals surface area contributed by atoms with E-state index in [4.69, 9.17) is 28.3 Å². The summed E-state index contributed by atoms with van der Waals surface area (Å²) in [5.41, 5.74) is 4.58. The van der Waals surface area contributed by atoms with Gasteiger partial charge in [-0.25, -0.2) is 9.66 Å². The van der Waals surface area contributed by atoms with Crippen LogP contribution in [0.15, 0.2) is 181 Å². The van der Waals surface area contributed by atoms with Gasteiger partial charge < -0.3 is 23.3 Å². The predicted octanol–water partition coefficient (Wildman–Crippen LogP) is 10.5. The largest absolute Gasteiger partial charge is 0.475 e. The molecule has 0 bridgehead atoms. The molecule has 2 saturated heterocycles. The minimum absolute atomic E-state index is 0.0877. The van der Waals surface area contributed by atoms with Crippen LogP contribution in [0.2, 0.25) is 0 Å². The van der Waals surface area contributed by atoms with Gasteiger partial charge in [-0.15, -0.1) is 0 Å². The quantitative estimate of drug-likeness (QED) is 0.129. The number of nitrogens with zero attached hydrogens (tertiary/aromatic N) is 2. The smallest absolute Gasteiger partial charge is 0.262 e. The van der Waals surface area contributed by atoms with Crippen LogP contribution in [-0.2, 0) is 47.5 Å². The zero-order valence-electron chi connectivity index (χ0n) is 32.5. The fourth-order valence-corrected chi connectivity index (χ4v) is 10.4. The molecule has 0 aliphatic carbocycles. The van der Waals surface area contributed by atoms with Gasteiger partial charge in [0, 0.05) is 18.7 Å². The molecule has 3 atom stereocenters. The standard InChI is InChI=1S/C49H47N2O5P/c1-36-35-52-46(50-36)43-32-20-19-23-38(43)34-51(33-37-21-9-4-10-22-37)57-55-48(39-24-11-5-12-25-39,40-26-13-6-14-27-40)44-45(54-47(2,3)53-44)49(56-57,41-28-15-7-16-29-41)42-30-17-8-18-31-42/h4-32,36,44-45H,33-35H2,1-3H3/t36-,44+,45+/m0/s1. The fraction of sp³-hybridized carbons (Fsp3) is 0.245. The summed E-state index contributed by atoms with van der Waals surface area (Å²) in [5, 5.41) is 0. The van der Waals surface area contributed by atoms with E-state index in [-0.39, 0.29) is 6.04 Å². The van der Waals surface area contributed by atoms with Gasteiger partial charge in [-0.2, -0.15) is 0 Å². The maximum atomic E-state index is 7.97. The average Bonchev–Trinajstić information content (AvgIpc) is 3.81. The van der Waals surface area contributed by atoms with E-state index >= 15 is 0 Å². The molecule has 0 N–H and O–H groups in total. The molecule has 6 aromatic rings. The lowest BCUT2D eigenvalue weighted by atomic mass is 9.72. The van der Waals surface area contributed by atoms with E-state index in [0.29, 0.717) is 25.6 Å². The topological polar surface area (TPSA) is 61.8 Å². The number of hydrogen-bond acceptors (Lipinski definition) is 7. The summed E-state index contributed by atoms with van der Waals surface area (Å²) in [6, 6.07) is 60.8. The Morgan fingerprint density at radius 2 is 0.982 bits per heavy atom. The van der Waals surface area contributed by atoms with E-state index in [2.05, 4.69) is 151 Å². The van der Waals surface area contributed by atoms with Crippen LogP contribution in [0.1, 0.15) is 59.7 Å². The maximum Gasteiger partial charge on any atom is 0.262 e. The molecule has 2 fully saturated rings. The third kappa shape index (κ3) is 7.14. The van der Waals surface area contributed by atoms with Crippen molar-refractivity contribution in [2.45, 2.75) is 69.1 Å². The zero-order chi connectivity index (χ0) is 38.9. The van der Waals surface area contributed by atoms with Gasteiger partial charge >= 0.3 is 0 Å². The molecular weight excluding hydrogens is 728 g/mol. The molecule has 7 nitrogen and oxygen atoms in total. The van der Waals surface area contributed by atoms with E-state index in [9.17, 15) is 0 Å². The molecule has 288 valence electrons. The first-order valence-corrected chi connectivity index (χ1v) is 20.8. The van der Waals surface area contributed by atoms with Crippen molar-refractivity contribution in [2.24, 2.45) is 4.99 Å².